The summed E-state index contributed by atoms with van der Waals surface area (Å²) in [5, 5.41) is 5.40. The van der Waals surface area contributed by atoms with Gasteiger partial charge in [0.1, 0.15) is 5.75 Å². The van der Waals surface area contributed by atoms with Crippen LogP contribution in [0.4, 0.5) is 11.4 Å². The molecule has 0 spiro atoms. The number of ether oxygens (including phenoxy) is 2. The molecule has 1 heterocycles. The van der Waals surface area contributed by atoms with Crippen LogP contribution < -0.4 is 15.4 Å². The Morgan fingerprint density at radius 1 is 0.968 bits per heavy atom. The Balaban J connectivity index is 1.57. The van der Waals surface area contributed by atoms with E-state index in [0.29, 0.717) is 22.7 Å². The number of esters is 1. The fourth-order valence-electron chi connectivity index (χ4n) is 2.57. The van der Waals surface area contributed by atoms with Gasteiger partial charge in [-0.1, -0.05) is 12.1 Å². The van der Waals surface area contributed by atoms with Crippen LogP contribution in [-0.2, 0) is 9.53 Å². The Kier molecular flexibility index (Phi) is 6.89. The molecule has 158 valence electrons. The average Bonchev–Trinajstić information content (AvgIpc) is 2.80. The topological polar surface area (TPSA) is 120 Å². The number of nitrogens with zero attached hydrogens (tertiary/aromatic N) is 2. The molecule has 2 amide bonds. The van der Waals surface area contributed by atoms with E-state index < -0.39 is 18.0 Å². The van der Waals surface area contributed by atoms with Gasteiger partial charge in [-0.25, -0.2) is 9.78 Å². The highest BCUT2D eigenvalue weighted by atomic mass is 16.5. The van der Waals surface area contributed by atoms with Crippen molar-refractivity contribution in [3.8, 4) is 5.75 Å². The summed E-state index contributed by atoms with van der Waals surface area (Å²) in [7, 11) is 1.52. The molecule has 0 unspecified atom stereocenters. The van der Waals surface area contributed by atoms with E-state index in [9.17, 15) is 14.4 Å². The standard InChI is InChI=1S/C22H20N4O5/c1-14(31-22(29)18-13-23-11-12-24-18)20(27)25-16-9-7-15(8-10-16)21(28)26-17-5-3-4-6-19(17)30-2/h3-14H,1-2H3,(H,25,27)(H,26,28)/t14-/m1/s1. The van der Waals surface area contributed by atoms with Crippen LogP contribution in [0.1, 0.15) is 27.8 Å². The summed E-state index contributed by atoms with van der Waals surface area (Å²) in [5.41, 5.74) is 1.39. The summed E-state index contributed by atoms with van der Waals surface area (Å²) in [6.07, 6.45) is 2.98. The fraction of sp³-hybridized carbons (Fsp3) is 0.136. The molecule has 9 heteroatoms. The lowest BCUT2D eigenvalue weighted by atomic mass is 10.2. The second kappa shape index (κ2) is 9.97. The Morgan fingerprint density at radius 2 is 1.71 bits per heavy atom. The van der Waals surface area contributed by atoms with E-state index >= 15 is 0 Å². The van der Waals surface area contributed by atoms with Crippen molar-refractivity contribution < 1.29 is 23.9 Å². The maximum absolute atomic E-state index is 12.5. The molecule has 2 aromatic carbocycles. The molecule has 0 saturated heterocycles. The van der Waals surface area contributed by atoms with Gasteiger partial charge < -0.3 is 20.1 Å². The van der Waals surface area contributed by atoms with Gasteiger partial charge in [-0.15, -0.1) is 0 Å². The van der Waals surface area contributed by atoms with Crippen molar-refractivity contribution in [1.29, 1.82) is 0 Å². The number of methoxy groups -OCH3 is 1. The minimum Gasteiger partial charge on any atom is -0.495 e. The number of amides is 2. The van der Waals surface area contributed by atoms with Crippen molar-refractivity contribution in [1.82, 2.24) is 9.97 Å². The van der Waals surface area contributed by atoms with Gasteiger partial charge in [0, 0.05) is 23.6 Å². The Morgan fingerprint density at radius 3 is 2.39 bits per heavy atom. The van der Waals surface area contributed by atoms with E-state index in [2.05, 4.69) is 20.6 Å². The zero-order valence-corrected chi connectivity index (χ0v) is 16.9. The molecule has 0 bridgehead atoms. The van der Waals surface area contributed by atoms with Crippen LogP contribution in [0.15, 0.2) is 67.1 Å². The van der Waals surface area contributed by atoms with Crippen molar-refractivity contribution in [3.63, 3.8) is 0 Å². The number of carbonyl (C=O) groups is 3. The van der Waals surface area contributed by atoms with E-state index in [1.807, 2.05) is 0 Å². The molecular formula is C22H20N4O5. The quantitative estimate of drug-likeness (QED) is 0.564. The minimum atomic E-state index is -1.05. The molecule has 3 aromatic rings. The first-order valence-corrected chi connectivity index (χ1v) is 9.30. The summed E-state index contributed by atoms with van der Waals surface area (Å²) < 4.78 is 10.3. The Hall–Kier alpha value is -4.27. The van der Waals surface area contributed by atoms with Crippen LogP contribution in [0.5, 0.6) is 5.75 Å². The first kappa shape index (κ1) is 21.4. The van der Waals surface area contributed by atoms with Gasteiger partial charge >= 0.3 is 5.97 Å². The van der Waals surface area contributed by atoms with Gasteiger partial charge in [-0.3, -0.25) is 14.6 Å². The highest BCUT2D eigenvalue weighted by molar-refractivity contribution is 6.05. The molecule has 0 saturated carbocycles. The lowest BCUT2D eigenvalue weighted by Gasteiger charge is -2.13. The molecule has 0 fully saturated rings. The fourth-order valence-corrected chi connectivity index (χ4v) is 2.57. The van der Waals surface area contributed by atoms with Crippen LogP contribution in [-0.4, -0.2) is 41.0 Å². The molecule has 2 N–H and O–H groups in total. The van der Waals surface area contributed by atoms with Crippen molar-refractivity contribution in [2.24, 2.45) is 0 Å². The number of anilines is 2. The predicted octanol–water partition coefficient (Wildman–Crippen LogP) is 2.92. The highest BCUT2D eigenvalue weighted by Gasteiger charge is 2.20. The van der Waals surface area contributed by atoms with Crippen molar-refractivity contribution in [2.75, 3.05) is 17.7 Å². The second-order valence-corrected chi connectivity index (χ2v) is 6.36. The number of nitrogens with one attached hydrogen (secondary N) is 2. The predicted molar refractivity (Wildman–Crippen MR) is 113 cm³/mol. The van der Waals surface area contributed by atoms with Crippen LogP contribution in [0.2, 0.25) is 0 Å². The molecule has 1 atom stereocenters. The molecule has 0 aliphatic heterocycles. The third-order valence-corrected chi connectivity index (χ3v) is 4.20. The molecule has 0 radical (unpaired) electrons. The Bertz CT molecular complexity index is 1070. The van der Waals surface area contributed by atoms with Gasteiger partial charge in [0.15, 0.2) is 11.8 Å². The molecule has 0 aliphatic rings. The van der Waals surface area contributed by atoms with E-state index in [1.165, 1.54) is 32.6 Å². The normalized spacial score (nSPS) is 11.2. The van der Waals surface area contributed by atoms with E-state index in [-0.39, 0.29) is 11.6 Å². The number of hydrogen-bond acceptors (Lipinski definition) is 7. The summed E-state index contributed by atoms with van der Waals surface area (Å²) in [6.45, 7) is 1.44. The van der Waals surface area contributed by atoms with Crippen LogP contribution in [0.25, 0.3) is 0 Å². The summed E-state index contributed by atoms with van der Waals surface area (Å²) in [6, 6.07) is 13.3. The maximum Gasteiger partial charge on any atom is 0.359 e. The summed E-state index contributed by atoms with van der Waals surface area (Å²) >= 11 is 0. The van der Waals surface area contributed by atoms with Crippen LogP contribution in [0, 0.1) is 0 Å². The van der Waals surface area contributed by atoms with E-state index in [1.54, 1.807) is 48.5 Å². The van der Waals surface area contributed by atoms with Crippen LogP contribution in [0.3, 0.4) is 0 Å². The average molecular weight is 420 g/mol. The summed E-state index contributed by atoms with van der Waals surface area (Å²) in [5.74, 6) is -1.05. The Labute approximate surface area is 178 Å². The maximum atomic E-state index is 12.5. The molecular weight excluding hydrogens is 400 g/mol. The van der Waals surface area contributed by atoms with E-state index in [0.717, 1.165) is 0 Å². The second-order valence-electron chi connectivity index (χ2n) is 6.36. The van der Waals surface area contributed by atoms with Crippen molar-refractivity contribution in [3.05, 3.63) is 78.4 Å². The summed E-state index contributed by atoms with van der Waals surface area (Å²) in [4.78, 5) is 44.3. The zero-order chi connectivity index (χ0) is 22.2. The molecule has 0 aliphatic carbocycles. The molecule has 1 aromatic heterocycles. The van der Waals surface area contributed by atoms with Crippen LogP contribution >= 0.6 is 0 Å². The zero-order valence-electron chi connectivity index (χ0n) is 16.9. The first-order chi connectivity index (χ1) is 15.0. The number of rotatable bonds is 7. The monoisotopic (exact) mass is 420 g/mol. The van der Waals surface area contributed by atoms with Crippen molar-refractivity contribution in [2.45, 2.75) is 13.0 Å². The van der Waals surface area contributed by atoms with Crippen molar-refractivity contribution >= 4 is 29.2 Å². The number of carbonyl (C=O) groups excluding carboxylic acids is 3. The number of hydrogen-bond donors (Lipinski definition) is 2. The van der Waals surface area contributed by atoms with E-state index in [4.69, 9.17) is 9.47 Å². The lowest BCUT2D eigenvalue weighted by molar-refractivity contribution is -0.123. The first-order valence-electron chi connectivity index (χ1n) is 9.30. The number of aromatic nitrogens is 2. The van der Waals surface area contributed by atoms with Gasteiger partial charge in [0.25, 0.3) is 11.8 Å². The number of benzene rings is 2. The smallest absolute Gasteiger partial charge is 0.359 e. The van der Waals surface area contributed by atoms with Gasteiger partial charge in [0.2, 0.25) is 0 Å². The minimum absolute atomic E-state index is 0.00700. The lowest BCUT2D eigenvalue weighted by Crippen LogP contribution is -2.30. The number of para-hydroxylation sites is 2. The van der Waals surface area contributed by atoms with Gasteiger partial charge in [0.05, 0.1) is 19.0 Å². The third-order valence-electron chi connectivity index (χ3n) is 4.20. The highest BCUT2D eigenvalue weighted by Crippen LogP contribution is 2.24. The largest absolute Gasteiger partial charge is 0.495 e. The third kappa shape index (κ3) is 5.63. The molecule has 3 rings (SSSR count). The van der Waals surface area contributed by atoms with Gasteiger partial charge in [-0.2, -0.15) is 0 Å². The molecule has 9 nitrogen and oxygen atoms in total. The molecule has 31 heavy (non-hydrogen) atoms. The van der Waals surface area contributed by atoms with Gasteiger partial charge in [-0.05, 0) is 43.3 Å². The SMILES string of the molecule is COc1ccccc1NC(=O)c1ccc(NC(=O)[C@@H](C)OC(=O)c2cnccn2)cc1.